The topological polar surface area (TPSA) is 82.4 Å². The van der Waals surface area contributed by atoms with Crippen LogP contribution in [0.15, 0.2) is 43.1 Å². The van der Waals surface area contributed by atoms with Gasteiger partial charge in [0.25, 0.3) is 5.56 Å². The zero-order chi connectivity index (χ0) is 20.0. The van der Waals surface area contributed by atoms with E-state index in [-0.39, 0.29) is 23.0 Å². The Morgan fingerprint density at radius 2 is 1.86 bits per heavy atom. The van der Waals surface area contributed by atoms with Crippen molar-refractivity contribution in [2.45, 2.75) is 32.4 Å². The van der Waals surface area contributed by atoms with E-state index in [1.54, 1.807) is 24.6 Å². The smallest absolute Gasteiger partial charge is 0.408 e. The molecular weight excluding hydrogens is 360 g/mol. The molecule has 1 saturated heterocycles. The van der Waals surface area contributed by atoms with Gasteiger partial charge in [-0.25, -0.2) is 9.59 Å². The number of para-hydroxylation sites is 2. The highest BCUT2D eigenvalue weighted by molar-refractivity contribution is 5.72. The standard InChI is InChI=1S/C20H24N4O4/c1-13-15(18(25)22(3)19(26)21(13)2)12-23-10-6-7-14(11-23)24-16-8-4-5-9-17(16)28-20(24)27/h4-5,8-9,14H,6-7,10-12H2,1-3H3. The second kappa shape index (κ2) is 6.94. The van der Waals surface area contributed by atoms with Crippen LogP contribution < -0.4 is 17.0 Å². The SMILES string of the molecule is Cc1c(CN2CCCC(n3c(=O)oc4ccccc43)C2)c(=O)n(C)c(=O)n1C. The van der Waals surface area contributed by atoms with E-state index in [0.717, 1.165) is 29.5 Å². The fourth-order valence-corrected chi connectivity index (χ4v) is 4.14. The van der Waals surface area contributed by atoms with Crippen LogP contribution in [-0.4, -0.2) is 31.7 Å². The molecule has 1 aromatic carbocycles. The van der Waals surface area contributed by atoms with Crippen molar-refractivity contribution in [3.05, 3.63) is 66.9 Å². The molecule has 0 bridgehead atoms. The van der Waals surface area contributed by atoms with Gasteiger partial charge in [0.2, 0.25) is 0 Å². The average Bonchev–Trinajstić information content (AvgIpc) is 3.04. The van der Waals surface area contributed by atoms with Gasteiger partial charge in [-0.2, -0.15) is 0 Å². The molecule has 1 aliphatic rings. The zero-order valence-electron chi connectivity index (χ0n) is 16.3. The number of fused-ring (bicyclic) bond motifs is 1. The molecular formula is C20H24N4O4. The summed E-state index contributed by atoms with van der Waals surface area (Å²) in [6.07, 6.45) is 1.80. The molecule has 2 aromatic heterocycles. The van der Waals surface area contributed by atoms with E-state index in [4.69, 9.17) is 4.42 Å². The lowest BCUT2D eigenvalue weighted by atomic mass is 10.0. The molecule has 0 aliphatic carbocycles. The number of hydrogen-bond donors (Lipinski definition) is 0. The van der Waals surface area contributed by atoms with Crippen molar-refractivity contribution in [3.8, 4) is 0 Å². The highest BCUT2D eigenvalue weighted by Crippen LogP contribution is 2.25. The second-order valence-corrected chi connectivity index (χ2v) is 7.51. The summed E-state index contributed by atoms with van der Waals surface area (Å²) in [6, 6.07) is 7.42. The Hall–Kier alpha value is -2.87. The van der Waals surface area contributed by atoms with Gasteiger partial charge in [-0.1, -0.05) is 12.1 Å². The number of likely N-dealkylation sites (tertiary alicyclic amines) is 1. The van der Waals surface area contributed by atoms with Crippen LogP contribution in [0.2, 0.25) is 0 Å². The van der Waals surface area contributed by atoms with Crippen molar-refractivity contribution in [1.29, 1.82) is 0 Å². The number of aromatic nitrogens is 3. The van der Waals surface area contributed by atoms with Crippen LogP contribution in [0.25, 0.3) is 11.1 Å². The molecule has 1 atom stereocenters. The fourth-order valence-electron chi connectivity index (χ4n) is 4.14. The molecule has 28 heavy (non-hydrogen) atoms. The number of hydrogen-bond acceptors (Lipinski definition) is 5. The number of benzene rings is 1. The molecule has 1 aliphatic heterocycles. The maximum absolute atomic E-state index is 12.6. The first-order chi connectivity index (χ1) is 13.4. The van der Waals surface area contributed by atoms with E-state index < -0.39 is 0 Å². The summed E-state index contributed by atoms with van der Waals surface area (Å²) in [5.41, 5.74) is 2.12. The van der Waals surface area contributed by atoms with Crippen LogP contribution in [0.3, 0.4) is 0 Å². The van der Waals surface area contributed by atoms with Gasteiger partial charge in [0, 0.05) is 32.9 Å². The quantitative estimate of drug-likeness (QED) is 0.676. The summed E-state index contributed by atoms with van der Waals surface area (Å²) in [7, 11) is 3.18. The second-order valence-electron chi connectivity index (χ2n) is 7.51. The van der Waals surface area contributed by atoms with E-state index in [1.807, 2.05) is 18.2 Å². The Labute approximate surface area is 161 Å². The molecule has 1 unspecified atom stereocenters. The first-order valence-corrected chi connectivity index (χ1v) is 9.46. The molecule has 8 nitrogen and oxygen atoms in total. The maximum Gasteiger partial charge on any atom is 0.420 e. The minimum absolute atomic E-state index is 0.0124. The maximum atomic E-state index is 12.6. The molecule has 0 radical (unpaired) electrons. The molecule has 0 spiro atoms. The highest BCUT2D eigenvalue weighted by Gasteiger charge is 2.26. The van der Waals surface area contributed by atoms with Crippen molar-refractivity contribution in [2.24, 2.45) is 14.1 Å². The Kier molecular flexibility index (Phi) is 4.58. The largest absolute Gasteiger partial charge is 0.420 e. The number of oxazole rings is 1. The first kappa shape index (κ1) is 18.5. The summed E-state index contributed by atoms with van der Waals surface area (Å²) in [6.45, 7) is 3.74. The van der Waals surface area contributed by atoms with Crippen LogP contribution in [0.1, 0.15) is 30.1 Å². The van der Waals surface area contributed by atoms with Crippen LogP contribution in [0.5, 0.6) is 0 Å². The molecule has 1 fully saturated rings. The number of rotatable bonds is 3. The van der Waals surface area contributed by atoms with E-state index in [2.05, 4.69) is 4.90 Å². The van der Waals surface area contributed by atoms with Gasteiger partial charge in [-0.3, -0.25) is 18.8 Å². The summed E-state index contributed by atoms with van der Waals surface area (Å²) < 4.78 is 9.77. The monoisotopic (exact) mass is 384 g/mol. The van der Waals surface area contributed by atoms with Crippen molar-refractivity contribution >= 4 is 11.1 Å². The van der Waals surface area contributed by atoms with Gasteiger partial charge in [0.1, 0.15) is 0 Å². The van der Waals surface area contributed by atoms with Gasteiger partial charge >= 0.3 is 11.4 Å². The van der Waals surface area contributed by atoms with Crippen molar-refractivity contribution in [2.75, 3.05) is 13.1 Å². The molecule has 8 heteroatoms. The highest BCUT2D eigenvalue weighted by atomic mass is 16.4. The molecule has 4 rings (SSSR count). The number of piperidine rings is 1. The minimum Gasteiger partial charge on any atom is -0.408 e. The summed E-state index contributed by atoms with van der Waals surface area (Å²) in [5.74, 6) is -0.345. The van der Waals surface area contributed by atoms with Crippen LogP contribution >= 0.6 is 0 Å². The predicted octanol–water partition coefficient (Wildman–Crippen LogP) is 1.14. The van der Waals surface area contributed by atoms with Gasteiger partial charge in [-0.05, 0) is 38.4 Å². The number of nitrogens with zero attached hydrogens (tertiary/aromatic N) is 4. The van der Waals surface area contributed by atoms with Gasteiger partial charge < -0.3 is 8.98 Å². The van der Waals surface area contributed by atoms with E-state index in [9.17, 15) is 14.4 Å². The van der Waals surface area contributed by atoms with Gasteiger partial charge in [0.05, 0.1) is 17.1 Å². The predicted molar refractivity (Wildman–Crippen MR) is 106 cm³/mol. The summed E-state index contributed by atoms with van der Waals surface area (Å²) in [5, 5.41) is 0. The molecule has 0 amide bonds. The lowest BCUT2D eigenvalue weighted by molar-refractivity contribution is 0.166. The van der Waals surface area contributed by atoms with Crippen LogP contribution in [-0.2, 0) is 20.6 Å². The minimum atomic E-state index is -0.345. The van der Waals surface area contributed by atoms with Crippen molar-refractivity contribution < 1.29 is 4.42 Å². The van der Waals surface area contributed by atoms with Gasteiger partial charge in [0.15, 0.2) is 5.58 Å². The lowest BCUT2D eigenvalue weighted by Gasteiger charge is -2.33. The molecule has 3 aromatic rings. The lowest BCUT2D eigenvalue weighted by Crippen LogP contribution is -2.44. The average molecular weight is 384 g/mol. The first-order valence-electron chi connectivity index (χ1n) is 9.46. The molecule has 0 saturated carbocycles. The third-order valence-electron chi connectivity index (χ3n) is 5.82. The fraction of sp³-hybridized carbons (Fsp3) is 0.450. The third kappa shape index (κ3) is 2.93. The Balaban J connectivity index is 1.66. The Morgan fingerprint density at radius 3 is 2.64 bits per heavy atom. The summed E-state index contributed by atoms with van der Waals surface area (Å²) in [4.78, 5) is 39.3. The van der Waals surface area contributed by atoms with Gasteiger partial charge in [-0.15, -0.1) is 0 Å². The van der Waals surface area contributed by atoms with E-state index in [0.29, 0.717) is 29.9 Å². The van der Waals surface area contributed by atoms with Crippen molar-refractivity contribution in [1.82, 2.24) is 18.6 Å². The molecule has 0 N–H and O–H groups in total. The third-order valence-corrected chi connectivity index (χ3v) is 5.82. The molecule has 148 valence electrons. The van der Waals surface area contributed by atoms with Crippen LogP contribution in [0.4, 0.5) is 0 Å². The van der Waals surface area contributed by atoms with Crippen LogP contribution in [0, 0.1) is 6.92 Å². The van der Waals surface area contributed by atoms with Crippen molar-refractivity contribution in [3.63, 3.8) is 0 Å². The zero-order valence-corrected chi connectivity index (χ0v) is 16.3. The van der Waals surface area contributed by atoms with E-state index in [1.165, 1.54) is 11.6 Å². The Morgan fingerprint density at radius 1 is 1.11 bits per heavy atom. The summed E-state index contributed by atoms with van der Waals surface area (Å²) >= 11 is 0. The Bertz CT molecular complexity index is 1210. The normalized spacial score (nSPS) is 18.0. The van der Waals surface area contributed by atoms with E-state index >= 15 is 0 Å². The molecule has 3 heterocycles.